The summed E-state index contributed by atoms with van der Waals surface area (Å²) in [4.78, 5) is 17.9. The van der Waals surface area contributed by atoms with Crippen LogP contribution in [-0.2, 0) is 11.3 Å². The normalized spacial score (nSPS) is 10.6. The predicted molar refractivity (Wildman–Crippen MR) is 78.4 cm³/mol. The molecule has 0 unspecified atom stereocenters. The molecule has 1 rings (SSSR count). The Morgan fingerprint density at radius 2 is 2.16 bits per heavy atom. The van der Waals surface area contributed by atoms with E-state index in [2.05, 4.69) is 15.6 Å². The molecular weight excluding hydrogens is 264 g/mol. The van der Waals surface area contributed by atoms with Gasteiger partial charge in [0.15, 0.2) is 0 Å². The zero-order valence-electron chi connectivity index (χ0n) is 11.7. The number of hydrogen-bond acceptors (Lipinski definition) is 4. The summed E-state index contributed by atoms with van der Waals surface area (Å²) in [5.74, 6) is 0.790. The van der Waals surface area contributed by atoms with Crippen molar-refractivity contribution in [3.63, 3.8) is 0 Å². The summed E-state index contributed by atoms with van der Waals surface area (Å²) in [7, 11) is 1.63. The first kappa shape index (κ1) is 15.7. The molecule has 1 aromatic heterocycles. The molecule has 0 saturated heterocycles. The maximum atomic E-state index is 11.4. The van der Waals surface area contributed by atoms with Crippen molar-refractivity contribution < 1.29 is 4.79 Å². The molecule has 19 heavy (non-hydrogen) atoms. The number of halogens is 1. The Labute approximate surface area is 119 Å². The smallest absolute Gasteiger partial charge is 0.233 e. The topological polar surface area (TPSA) is 57.3 Å². The Hall–Kier alpha value is -1.33. The standard InChI is InChI=1S/C13H21ClN4O/c1-4-16-12-7-6-10(14)11(17-12)8-18(5-2)9-13(19)15-3/h6-7H,4-5,8-9H2,1-3H3,(H,15,19)(H,16,17). The molecule has 0 aromatic carbocycles. The van der Waals surface area contributed by atoms with E-state index in [0.29, 0.717) is 18.1 Å². The third-order valence-corrected chi connectivity index (χ3v) is 3.09. The minimum Gasteiger partial charge on any atom is -0.370 e. The molecule has 1 amide bonds. The molecule has 0 spiro atoms. The van der Waals surface area contributed by atoms with Crippen LogP contribution in [0.4, 0.5) is 5.82 Å². The van der Waals surface area contributed by atoms with Gasteiger partial charge in [0.1, 0.15) is 5.82 Å². The molecule has 0 bridgehead atoms. The van der Waals surface area contributed by atoms with Crippen molar-refractivity contribution in [2.24, 2.45) is 0 Å². The molecule has 0 aliphatic rings. The Morgan fingerprint density at radius 3 is 2.74 bits per heavy atom. The van der Waals surface area contributed by atoms with Gasteiger partial charge in [-0.2, -0.15) is 0 Å². The number of anilines is 1. The Kier molecular flexibility index (Phi) is 6.59. The molecule has 0 atom stereocenters. The molecule has 0 aliphatic heterocycles. The van der Waals surface area contributed by atoms with E-state index in [1.54, 1.807) is 7.05 Å². The average molecular weight is 285 g/mol. The van der Waals surface area contributed by atoms with Gasteiger partial charge in [0.2, 0.25) is 5.91 Å². The molecular formula is C13H21ClN4O. The second-order valence-electron chi connectivity index (χ2n) is 4.13. The van der Waals surface area contributed by atoms with Gasteiger partial charge in [0, 0.05) is 20.1 Å². The number of likely N-dealkylation sites (N-methyl/N-ethyl adjacent to an activating group) is 2. The maximum Gasteiger partial charge on any atom is 0.233 e. The first-order valence-corrected chi connectivity index (χ1v) is 6.80. The number of nitrogens with zero attached hydrogens (tertiary/aromatic N) is 2. The summed E-state index contributed by atoms with van der Waals surface area (Å²) >= 11 is 6.15. The molecule has 2 N–H and O–H groups in total. The van der Waals surface area contributed by atoms with Crippen LogP contribution in [0.3, 0.4) is 0 Å². The number of hydrogen-bond donors (Lipinski definition) is 2. The van der Waals surface area contributed by atoms with Gasteiger partial charge < -0.3 is 10.6 Å². The van der Waals surface area contributed by atoms with Crippen LogP contribution in [0.5, 0.6) is 0 Å². The molecule has 106 valence electrons. The molecule has 1 aromatic rings. The van der Waals surface area contributed by atoms with Crippen LogP contribution in [-0.4, -0.2) is 42.5 Å². The van der Waals surface area contributed by atoms with Crippen LogP contribution in [0.25, 0.3) is 0 Å². The number of rotatable bonds is 7. The van der Waals surface area contributed by atoms with Crippen molar-refractivity contribution >= 4 is 23.3 Å². The highest BCUT2D eigenvalue weighted by molar-refractivity contribution is 6.31. The minimum absolute atomic E-state index is 0.0131. The third-order valence-electron chi connectivity index (χ3n) is 2.74. The Bertz CT molecular complexity index is 425. The quantitative estimate of drug-likeness (QED) is 0.801. The van der Waals surface area contributed by atoms with E-state index in [-0.39, 0.29) is 5.91 Å². The number of carbonyl (C=O) groups excluding carboxylic acids is 1. The van der Waals surface area contributed by atoms with E-state index in [4.69, 9.17) is 11.6 Å². The van der Waals surface area contributed by atoms with Crippen molar-refractivity contribution in [3.8, 4) is 0 Å². The highest BCUT2D eigenvalue weighted by atomic mass is 35.5. The highest BCUT2D eigenvalue weighted by Crippen LogP contribution is 2.18. The molecule has 0 fully saturated rings. The summed E-state index contributed by atoms with van der Waals surface area (Å²) < 4.78 is 0. The van der Waals surface area contributed by atoms with Crippen LogP contribution in [0.2, 0.25) is 5.02 Å². The van der Waals surface area contributed by atoms with Gasteiger partial charge in [-0.05, 0) is 25.6 Å². The fraction of sp³-hybridized carbons (Fsp3) is 0.538. The third kappa shape index (κ3) is 5.04. The van der Waals surface area contributed by atoms with Crippen molar-refractivity contribution in [2.75, 3.05) is 32.0 Å². The fourth-order valence-electron chi connectivity index (χ4n) is 1.65. The van der Waals surface area contributed by atoms with E-state index in [0.717, 1.165) is 24.6 Å². The second-order valence-corrected chi connectivity index (χ2v) is 4.54. The van der Waals surface area contributed by atoms with E-state index in [1.165, 1.54) is 0 Å². The van der Waals surface area contributed by atoms with Gasteiger partial charge in [-0.3, -0.25) is 9.69 Å². The largest absolute Gasteiger partial charge is 0.370 e. The first-order chi connectivity index (χ1) is 9.10. The van der Waals surface area contributed by atoms with Crippen molar-refractivity contribution in [1.29, 1.82) is 0 Å². The predicted octanol–water partition coefficient (Wildman–Crippen LogP) is 1.73. The molecule has 0 aliphatic carbocycles. The highest BCUT2D eigenvalue weighted by Gasteiger charge is 2.12. The number of pyridine rings is 1. The van der Waals surface area contributed by atoms with Gasteiger partial charge in [0.05, 0.1) is 17.3 Å². The summed E-state index contributed by atoms with van der Waals surface area (Å²) in [5, 5.41) is 6.39. The minimum atomic E-state index is -0.0131. The fourth-order valence-corrected chi connectivity index (χ4v) is 1.81. The van der Waals surface area contributed by atoms with Gasteiger partial charge in [-0.15, -0.1) is 0 Å². The molecule has 5 nitrogen and oxygen atoms in total. The Balaban J connectivity index is 2.77. The van der Waals surface area contributed by atoms with E-state index in [1.807, 2.05) is 30.9 Å². The zero-order chi connectivity index (χ0) is 14.3. The van der Waals surface area contributed by atoms with Crippen LogP contribution < -0.4 is 10.6 Å². The Morgan fingerprint density at radius 1 is 1.42 bits per heavy atom. The monoisotopic (exact) mass is 284 g/mol. The lowest BCUT2D eigenvalue weighted by Crippen LogP contribution is -2.35. The van der Waals surface area contributed by atoms with Crippen LogP contribution in [0, 0.1) is 0 Å². The van der Waals surface area contributed by atoms with Gasteiger partial charge in [-0.25, -0.2) is 4.98 Å². The lowest BCUT2D eigenvalue weighted by atomic mass is 10.3. The molecule has 0 saturated carbocycles. The first-order valence-electron chi connectivity index (χ1n) is 6.42. The SMILES string of the molecule is CCNc1ccc(Cl)c(CN(CC)CC(=O)NC)n1. The lowest BCUT2D eigenvalue weighted by Gasteiger charge is -2.19. The number of nitrogens with one attached hydrogen (secondary N) is 2. The molecule has 6 heteroatoms. The second kappa shape index (κ2) is 7.96. The van der Waals surface area contributed by atoms with Crippen LogP contribution in [0.15, 0.2) is 12.1 Å². The lowest BCUT2D eigenvalue weighted by molar-refractivity contribution is -0.121. The van der Waals surface area contributed by atoms with Gasteiger partial charge in [-0.1, -0.05) is 18.5 Å². The van der Waals surface area contributed by atoms with E-state index < -0.39 is 0 Å². The van der Waals surface area contributed by atoms with Gasteiger partial charge >= 0.3 is 0 Å². The number of amides is 1. The van der Waals surface area contributed by atoms with Gasteiger partial charge in [0.25, 0.3) is 0 Å². The summed E-state index contributed by atoms with van der Waals surface area (Å²) in [6.07, 6.45) is 0. The zero-order valence-corrected chi connectivity index (χ0v) is 12.4. The van der Waals surface area contributed by atoms with Crippen molar-refractivity contribution in [3.05, 3.63) is 22.8 Å². The maximum absolute atomic E-state index is 11.4. The van der Waals surface area contributed by atoms with E-state index in [9.17, 15) is 4.79 Å². The summed E-state index contributed by atoms with van der Waals surface area (Å²) in [6, 6.07) is 3.68. The number of carbonyl (C=O) groups is 1. The summed E-state index contributed by atoms with van der Waals surface area (Å²) in [5.41, 5.74) is 0.783. The summed E-state index contributed by atoms with van der Waals surface area (Å²) in [6.45, 7) is 6.49. The number of aromatic nitrogens is 1. The molecule has 0 radical (unpaired) electrons. The van der Waals surface area contributed by atoms with Crippen molar-refractivity contribution in [1.82, 2.24) is 15.2 Å². The average Bonchev–Trinajstić information content (AvgIpc) is 2.41. The van der Waals surface area contributed by atoms with Crippen LogP contribution in [0.1, 0.15) is 19.5 Å². The van der Waals surface area contributed by atoms with Crippen LogP contribution >= 0.6 is 11.6 Å². The van der Waals surface area contributed by atoms with Crippen molar-refractivity contribution in [2.45, 2.75) is 20.4 Å². The van der Waals surface area contributed by atoms with E-state index >= 15 is 0 Å². The molecule has 1 heterocycles.